The summed E-state index contributed by atoms with van der Waals surface area (Å²) in [4.78, 5) is 12.3. The zero-order chi connectivity index (χ0) is 20.5. The van der Waals surface area contributed by atoms with Crippen molar-refractivity contribution in [1.29, 1.82) is 5.26 Å². The largest absolute Gasteiger partial charge is 0.494 e. The molecule has 146 valence electrons. The Morgan fingerprint density at radius 3 is 2.50 bits per heavy atom. The zero-order valence-corrected chi connectivity index (χ0v) is 15.2. The van der Waals surface area contributed by atoms with Crippen LogP contribution in [0.3, 0.4) is 0 Å². The van der Waals surface area contributed by atoms with Crippen LogP contribution in [0.4, 0.5) is 14.5 Å². The first-order valence-electron chi connectivity index (χ1n) is 8.25. The van der Waals surface area contributed by atoms with E-state index in [-0.39, 0.29) is 17.1 Å². The molecule has 1 N–H and O–H groups in total. The van der Waals surface area contributed by atoms with Crippen LogP contribution in [0.15, 0.2) is 48.0 Å². The monoisotopic (exact) mass is 388 g/mol. The summed E-state index contributed by atoms with van der Waals surface area (Å²) in [6.45, 7) is -0.608. The molecule has 0 aliphatic heterocycles. The summed E-state index contributed by atoms with van der Waals surface area (Å²) < 4.78 is 39.5. The highest BCUT2D eigenvalue weighted by Gasteiger charge is 2.13. The van der Waals surface area contributed by atoms with Crippen molar-refractivity contribution in [2.24, 2.45) is 0 Å². The van der Waals surface area contributed by atoms with Crippen molar-refractivity contribution in [3.05, 3.63) is 53.6 Å². The van der Waals surface area contributed by atoms with E-state index in [4.69, 9.17) is 9.47 Å². The van der Waals surface area contributed by atoms with Crippen molar-refractivity contribution in [2.45, 2.75) is 13.5 Å². The number of carbonyl (C=O) groups is 1. The highest BCUT2D eigenvalue weighted by molar-refractivity contribution is 6.09. The van der Waals surface area contributed by atoms with Crippen LogP contribution in [0.1, 0.15) is 12.5 Å². The zero-order valence-electron chi connectivity index (χ0n) is 15.2. The smallest absolute Gasteiger partial charge is 0.387 e. The van der Waals surface area contributed by atoms with Gasteiger partial charge in [-0.2, -0.15) is 14.0 Å². The summed E-state index contributed by atoms with van der Waals surface area (Å²) in [5.41, 5.74) is 0.739. The van der Waals surface area contributed by atoms with Gasteiger partial charge in [-0.1, -0.05) is 6.07 Å². The third-order valence-electron chi connectivity index (χ3n) is 3.50. The minimum Gasteiger partial charge on any atom is -0.494 e. The number of halogens is 2. The Bertz CT molecular complexity index is 890. The van der Waals surface area contributed by atoms with Crippen molar-refractivity contribution in [3.63, 3.8) is 0 Å². The summed E-state index contributed by atoms with van der Waals surface area (Å²) >= 11 is 0. The van der Waals surface area contributed by atoms with Gasteiger partial charge in [0, 0.05) is 5.69 Å². The quantitative estimate of drug-likeness (QED) is 0.540. The maximum absolute atomic E-state index is 12.4. The van der Waals surface area contributed by atoms with Crippen LogP contribution >= 0.6 is 0 Å². The lowest BCUT2D eigenvalue weighted by molar-refractivity contribution is -0.112. The summed E-state index contributed by atoms with van der Waals surface area (Å²) in [5, 5.41) is 11.9. The molecule has 2 rings (SSSR count). The standard InChI is InChI=1S/C20H18F2N2O4/c1-3-27-16-7-5-15(6-8-16)24-19(25)14(12-23)10-13-4-9-17(28-20(21)22)18(11-13)26-2/h4-11,20H,3H2,1-2H3,(H,24,25). The van der Waals surface area contributed by atoms with Crippen LogP contribution in [-0.4, -0.2) is 26.2 Å². The van der Waals surface area contributed by atoms with Gasteiger partial charge in [0.15, 0.2) is 11.5 Å². The molecule has 0 spiro atoms. The van der Waals surface area contributed by atoms with Crippen LogP contribution in [0.5, 0.6) is 17.2 Å². The minimum atomic E-state index is -3.00. The predicted octanol–water partition coefficient (Wildman–Crippen LogP) is 4.24. The van der Waals surface area contributed by atoms with E-state index in [0.717, 1.165) is 0 Å². The van der Waals surface area contributed by atoms with Gasteiger partial charge in [-0.05, 0) is 55.0 Å². The lowest BCUT2D eigenvalue weighted by atomic mass is 10.1. The maximum atomic E-state index is 12.4. The molecule has 0 saturated heterocycles. The SMILES string of the molecule is CCOc1ccc(NC(=O)C(C#N)=Cc2ccc(OC(F)F)c(OC)c2)cc1. The number of amides is 1. The first-order chi connectivity index (χ1) is 13.5. The fraction of sp³-hybridized carbons (Fsp3) is 0.200. The van der Waals surface area contributed by atoms with Gasteiger partial charge in [0.25, 0.3) is 5.91 Å². The lowest BCUT2D eigenvalue weighted by Gasteiger charge is -2.10. The van der Waals surface area contributed by atoms with Crippen molar-refractivity contribution < 1.29 is 27.8 Å². The van der Waals surface area contributed by atoms with Crippen molar-refractivity contribution in [2.75, 3.05) is 19.0 Å². The molecule has 0 fully saturated rings. The van der Waals surface area contributed by atoms with Gasteiger partial charge < -0.3 is 19.5 Å². The van der Waals surface area contributed by atoms with Crippen molar-refractivity contribution in [1.82, 2.24) is 0 Å². The number of carbonyl (C=O) groups excluding carboxylic acids is 1. The molecule has 0 radical (unpaired) electrons. The highest BCUT2D eigenvalue weighted by Crippen LogP contribution is 2.30. The number of ether oxygens (including phenoxy) is 3. The van der Waals surface area contributed by atoms with Crippen LogP contribution in [0.2, 0.25) is 0 Å². The molecule has 1 amide bonds. The number of alkyl halides is 2. The second kappa shape index (κ2) is 9.92. The number of hydrogen-bond acceptors (Lipinski definition) is 5. The average Bonchev–Trinajstić information content (AvgIpc) is 2.68. The molecule has 2 aromatic carbocycles. The van der Waals surface area contributed by atoms with E-state index in [1.807, 2.05) is 13.0 Å². The molecule has 0 saturated carbocycles. The first kappa shape index (κ1) is 20.7. The van der Waals surface area contributed by atoms with E-state index in [2.05, 4.69) is 10.1 Å². The van der Waals surface area contributed by atoms with Gasteiger partial charge in [-0.25, -0.2) is 0 Å². The van der Waals surface area contributed by atoms with Gasteiger partial charge in [-0.3, -0.25) is 4.79 Å². The number of benzene rings is 2. The molecular formula is C20H18F2N2O4. The van der Waals surface area contributed by atoms with E-state index in [1.165, 1.54) is 31.4 Å². The Morgan fingerprint density at radius 1 is 1.21 bits per heavy atom. The second-order valence-electron chi connectivity index (χ2n) is 5.37. The van der Waals surface area contributed by atoms with Gasteiger partial charge >= 0.3 is 6.61 Å². The van der Waals surface area contributed by atoms with E-state index in [1.54, 1.807) is 24.3 Å². The normalized spacial score (nSPS) is 10.9. The molecule has 0 atom stereocenters. The molecule has 0 aliphatic carbocycles. The number of hydrogen-bond donors (Lipinski definition) is 1. The second-order valence-corrected chi connectivity index (χ2v) is 5.37. The predicted molar refractivity (Wildman–Crippen MR) is 99.5 cm³/mol. The molecule has 6 nitrogen and oxygen atoms in total. The molecule has 0 aliphatic rings. The van der Waals surface area contributed by atoms with Crippen molar-refractivity contribution in [3.8, 4) is 23.3 Å². The van der Waals surface area contributed by atoms with Gasteiger partial charge in [0.1, 0.15) is 17.4 Å². The maximum Gasteiger partial charge on any atom is 0.387 e. The highest BCUT2D eigenvalue weighted by atomic mass is 19.3. The van der Waals surface area contributed by atoms with Gasteiger partial charge in [-0.15, -0.1) is 0 Å². The molecule has 0 unspecified atom stereocenters. The summed E-state index contributed by atoms with van der Waals surface area (Å²) in [7, 11) is 1.30. The van der Waals surface area contributed by atoms with E-state index < -0.39 is 12.5 Å². The molecule has 0 bridgehead atoms. The van der Waals surface area contributed by atoms with Crippen LogP contribution in [0, 0.1) is 11.3 Å². The van der Waals surface area contributed by atoms with Crippen LogP contribution < -0.4 is 19.5 Å². The molecule has 2 aromatic rings. The van der Waals surface area contributed by atoms with E-state index in [9.17, 15) is 18.8 Å². The van der Waals surface area contributed by atoms with Crippen LogP contribution in [0.25, 0.3) is 6.08 Å². The first-order valence-corrected chi connectivity index (χ1v) is 8.25. The molecule has 28 heavy (non-hydrogen) atoms. The fourth-order valence-electron chi connectivity index (χ4n) is 2.28. The fourth-order valence-corrected chi connectivity index (χ4v) is 2.28. The molecule has 0 aromatic heterocycles. The van der Waals surface area contributed by atoms with Crippen LogP contribution in [-0.2, 0) is 4.79 Å². The van der Waals surface area contributed by atoms with Crippen molar-refractivity contribution >= 4 is 17.7 Å². The van der Waals surface area contributed by atoms with Gasteiger partial charge in [0.05, 0.1) is 13.7 Å². The summed E-state index contributed by atoms with van der Waals surface area (Å²) in [6, 6.07) is 12.6. The Balaban J connectivity index is 2.18. The van der Waals surface area contributed by atoms with E-state index in [0.29, 0.717) is 23.6 Å². The number of nitriles is 1. The Labute approximate surface area is 160 Å². The number of methoxy groups -OCH3 is 1. The number of nitrogens with zero attached hydrogens (tertiary/aromatic N) is 1. The summed E-state index contributed by atoms with van der Waals surface area (Å²) in [5.74, 6) is -0.0430. The summed E-state index contributed by atoms with van der Waals surface area (Å²) in [6.07, 6.45) is 1.32. The molecular weight excluding hydrogens is 370 g/mol. The number of rotatable bonds is 8. The van der Waals surface area contributed by atoms with E-state index >= 15 is 0 Å². The Morgan fingerprint density at radius 2 is 1.93 bits per heavy atom. The molecule has 0 heterocycles. The lowest BCUT2D eigenvalue weighted by Crippen LogP contribution is -2.13. The third-order valence-corrected chi connectivity index (χ3v) is 3.50. The third kappa shape index (κ3) is 5.71. The van der Waals surface area contributed by atoms with Gasteiger partial charge in [0.2, 0.25) is 0 Å². The topological polar surface area (TPSA) is 80.6 Å². The Hall–Kier alpha value is -3.60. The average molecular weight is 388 g/mol. The number of nitrogens with one attached hydrogen (secondary N) is 1. The Kier molecular flexibility index (Phi) is 7.34. The molecule has 8 heteroatoms. The minimum absolute atomic E-state index is 0.0539. The number of anilines is 1.